The van der Waals surface area contributed by atoms with Crippen LogP contribution in [0.4, 0.5) is 0 Å². The average Bonchev–Trinajstić information content (AvgIpc) is 3.22. The molecule has 1 amide bonds. The maximum Gasteiger partial charge on any atom is 0.271 e. The second-order valence-electron chi connectivity index (χ2n) is 5.35. The number of thiazole rings is 1. The molecular formula is C15H19N3O4S. The quantitative estimate of drug-likeness (QED) is 0.764. The molecule has 0 spiro atoms. The van der Waals surface area contributed by atoms with Gasteiger partial charge in [-0.25, -0.2) is 4.98 Å². The third-order valence-electron chi connectivity index (χ3n) is 3.67. The highest BCUT2D eigenvalue weighted by Crippen LogP contribution is 2.11. The van der Waals surface area contributed by atoms with Crippen LogP contribution in [0.5, 0.6) is 0 Å². The number of aromatic nitrogens is 2. The molecule has 3 rings (SSSR count). The van der Waals surface area contributed by atoms with Crippen LogP contribution in [-0.2, 0) is 9.47 Å². The topological polar surface area (TPSA) is 81.9 Å². The van der Waals surface area contributed by atoms with Gasteiger partial charge in [0.1, 0.15) is 5.56 Å². The summed E-state index contributed by atoms with van der Waals surface area (Å²) in [7, 11) is 0. The summed E-state index contributed by atoms with van der Waals surface area (Å²) in [6.45, 7) is 2.44. The van der Waals surface area contributed by atoms with E-state index in [9.17, 15) is 9.59 Å². The number of nitrogens with zero attached hydrogens (tertiary/aromatic N) is 2. The maximum absolute atomic E-state index is 12.1. The van der Waals surface area contributed by atoms with Gasteiger partial charge in [-0.05, 0) is 19.3 Å². The van der Waals surface area contributed by atoms with E-state index in [1.807, 2.05) is 0 Å². The molecule has 1 saturated heterocycles. The lowest BCUT2D eigenvalue weighted by atomic mass is 10.2. The first-order chi connectivity index (χ1) is 11.3. The minimum absolute atomic E-state index is 0.0566. The van der Waals surface area contributed by atoms with Crippen molar-refractivity contribution in [3.8, 4) is 0 Å². The number of hydrogen-bond acceptors (Lipinski definition) is 6. The zero-order valence-corrected chi connectivity index (χ0v) is 13.5. The lowest BCUT2D eigenvalue weighted by molar-refractivity contribution is 0.0166. The number of rotatable bonds is 7. The van der Waals surface area contributed by atoms with Crippen molar-refractivity contribution in [3.05, 3.63) is 33.7 Å². The molecule has 0 aromatic carbocycles. The van der Waals surface area contributed by atoms with Crippen LogP contribution in [0.3, 0.4) is 0 Å². The molecule has 1 N–H and O–H groups in total. The molecule has 1 atom stereocenters. The Balaban J connectivity index is 1.41. The number of carbonyl (C=O) groups is 1. The SMILES string of the molecule is O=C(NCCCOC[C@H]1CCCO1)c1cnc2sccn2c1=O. The Morgan fingerprint density at radius 3 is 3.30 bits per heavy atom. The second-order valence-corrected chi connectivity index (χ2v) is 6.23. The Morgan fingerprint density at radius 1 is 1.57 bits per heavy atom. The Kier molecular flexibility index (Phi) is 5.37. The molecule has 1 aliphatic heterocycles. The number of fused-ring (bicyclic) bond motifs is 1. The van der Waals surface area contributed by atoms with Gasteiger partial charge in [0.05, 0.1) is 12.7 Å². The maximum atomic E-state index is 12.1. The Bertz CT molecular complexity index is 721. The summed E-state index contributed by atoms with van der Waals surface area (Å²) < 4.78 is 12.4. The van der Waals surface area contributed by atoms with Gasteiger partial charge in [-0.15, -0.1) is 11.3 Å². The van der Waals surface area contributed by atoms with Crippen molar-refractivity contribution in [2.75, 3.05) is 26.4 Å². The van der Waals surface area contributed by atoms with E-state index in [0.717, 1.165) is 19.4 Å². The van der Waals surface area contributed by atoms with Crippen molar-refractivity contribution in [1.29, 1.82) is 0 Å². The number of nitrogens with one attached hydrogen (secondary N) is 1. The van der Waals surface area contributed by atoms with E-state index in [1.165, 1.54) is 21.9 Å². The summed E-state index contributed by atoms with van der Waals surface area (Å²) in [5.41, 5.74) is -0.287. The fourth-order valence-electron chi connectivity index (χ4n) is 2.44. The van der Waals surface area contributed by atoms with Crippen LogP contribution < -0.4 is 10.9 Å². The highest BCUT2D eigenvalue weighted by molar-refractivity contribution is 7.15. The Labute approximate surface area is 137 Å². The van der Waals surface area contributed by atoms with Gasteiger partial charge in [-0.2, -0.15) is 0 Å². The van der Waals surface area contributed by atoms with Crippen molar-refractivity contribution in [2.24, 2.45) is 0 Å². The van der Waals surface area contributed by atoms with Gasteiger partial charge in [-0.3, -0.25) is 14.0 Å². The van der Waals surface area contributed by atoms with Gasteiger partial charge in [0.25, 0.3) is 11.5 Å². The molecule has 2 aromatic rings. The summed E-state index contributed by atoms with van der Waals surface area (Å²) >= 11 is 1.35. The van der Waals surface area contributed by atoms with Gasteiger partial charge < -0.3 is 14.8 Å². The van der Waals surface area contributed by atoms with Gasteiger partial charge in [0.2, 0.25) is 0 Å². The van der Waals surface area contributed by atoms with Crippen molar-refractivity contribution in [1.82, 2.24) is 14.7 Å². The smallest absolute Gasteiger partial charge is 0.271 e. The molecule has 0 radical (unpaired) electrons. The van der Waals surface area contributed by atoms with E-state index in [0.29, 0.717) is 31.1 Å². The van der Waals surface area contributed by atoms with E-state index in [4.69, 9.17) is 9.47 Å². The molecule has 3 heterocycles. The summed E-state index contributed by atoms with van der Waals surface area (Å²) in [4.78, 5) is 28.9. The van der Waals surface area contributed by atoms with Crippen molar-refractivity contribution < 1.29 is 14.3 Å². The molecule has 1 aliphatic rings. The third-order valence-corrected chi connectivity index (χ3v) is 4.44. The summed E-state index contributed by atoms with van der Waals surface area (Å²) in [5, 5.41) is 4.49. The zero-order valence-electron chi connectivity index (χ0n) is 12.7. The van der Waals surface area contributed by atoms with Gasteiger partial charge in [0, 0.05) is 37.5 Å². The number of hydrogen-bond donors (Lipinski definition) is 1. The second kappa shape index (κ2) is 7.67. The Morgan fingerprint density at radius 2 is 2.48 bits per heavy atom. The van der Waals surface area contributed by atoms with Crippen molar-refractivity contribution in [2.45, 2.75) is 25.4 Å². The molecule has 2 aromatic heterocycles. The summed E-state index contributed by atoms with van der Waals surface area (Å²) in [6, 6.07) is 0. The fourth-order valence-corrected chi connectivity index (χ4v) is 3.12. The molecule has 0 unspecified atom stereocenters. The summed E-state index contributed by atoms with van der Waals surface area (Å²) in [5.74, 6) is -0.401. The lowest BCUT2D eigenvalue weighted by Crippen LogP contribution is -2.32. The van der Waals surface area contributed by atoms with Gasteiger partial charge in [0.15, 0.2) is 4.96 Å². The molecule has 0 saturated carbocycles. The van der Waals surface area contributed by atoms with Crippen molar-refractivity contribution in [3.63, 3.8) is 0 Å². The highest BCUT2D eigenvalue weighted by Gasteiger charge is 2.15. The molecule has 0 bridgehead atoms. The number of carbonyl (C=O) groups excluding carboxylic acids is 1. The van der Waals surface area contributed by atoms with E-state index in [2.05, 4.69) is 10.3 Å². The first-order valence-corrected chi connectivity index (χ1v) is 8.56. The highest BCUT2D eigenvalue weighted by atomic mass is 32.1. The molecule has 7 nitrogen and oxygen atoms in total. The molecule has 0 aliphatic carbocycles. The lowest BCUT2D eigenvalue weighted by Gasteiger charge is -2.10. The number of ether oxygens (including phenoxy) is 2. The monoisotopic (exact) mass is 337 g/mol. The van der Waals surface area contributed by atoms with Gasteiger partial charge in [-0.1, -0.05) is 0 Å². The zero-order chi connectivity index (χ0) is 16.1. The minimum atomic E-state index is -0.401. The van der Waals surface area contributed by atoms with Crippen LogP contribution in [0.1, 0.15) is 29.6 Å². The van der Waals surface area contributed by atoms with Crippen LogP contribution in [-0.4, -0.2) is 47.8 Å². The molecule has 8 heteroatoms. The summed E-state index contributed by atoms with van der Waals surface area (Å²) in [6.07, 6.45) is 6.00. The van der Waals surface area contributed by atoms with Crippen LogP contribution in [0, 0.1) is 0 Å². The van der Waals surface area contributed by atoms with Crippen LogP contribution in [0.15, 0.2) is 22.6 Å². The first kappa shape index (κ1) is 16.1. The minimum Gasteiger partial charge on any atom is -0.379 e. The van der Waals surface area contributed by atoms with Crippen LogP contribution >= 0.6 is 11.3 Å². The van der Waals surface area contributed by atoms with E-state index in [-0.39, 0.29) is 17.2 Å². The molecule has 23 heavy (non-hydrogen) atoms. The molecule has 1 fully saturated rings. The standard InChI is InChI=1S/C15H19N3O4S/c19-13(12-9-17-15-18(14(12)20)5-8-23-15)16-4-2-6-21-10-11-3-1-7-22-11/h5,8-9,11H,1-4,6-7,10H2,(H,16,19)/t11-/m1/s1. The van der Waals surface area contributed by atoms with Gasteiger partial charge >= 0.3 is 0 Å². The predicted molar refractivity (Wildman–Crippen MR) is 86.1 cm³/mol. The fraction of sp³-hybridized carbons (Fsp3) is 0.533. The van der Waals surface area contributed by atoms with Crippen LogP contribution in [0.2, 0.25) is 0 Å². The third kappa shape index (κ3) is 3.95. The van der Waals surface area contributed by atoms with Crippen LogP contribution in [0.25, 0.3) is 4.96 Å². The average molecular weight is 337 g/mol. The molecular weight excluding hydrogens is 318 g/mol. The largest absolute Gasteiger partial charge is 0.379 e. The molecule has 124 valence electrons. The number of amides is 1. The normalized spacial score (nSPS) is 17.7. The van der Waals surface area contributed by atoms with E-state index < -0.39 is 5.91 Å². The van der Waals surface area contributed by atoms with Crippen molar-refractivity contribution >= 4 is 22.2 Å². The predicted octanol–water partition coefficient (Wildman–Crippen LogP) is 1.07. The first-order valence-electron chi connectivity index (χ1n) is 7.68. The Hall–Kier alpha value is -1.77. The van der Waals surface area contributed by atoms with E-state index >= 15 is 0 Å². The van der Waals surface area contributed by atoms with E-state index in [1.54, 1.807) is 11.6 Å².